The van der Waals surface area contributed by atoms with Gasteiger partial charge < -0.3 is 10.6 Å². The summed E-state index contributed by atoms with van der Waals surface area (Å²) in [6.07, 6.45) is 5.12. The highest BCUT2D eigenvalue weighted by Gasteiger charge is 2.28. The summed E-state index contributed by atoms with van der Waals surface area (Å²) in [4.78, 5) is 14.0. The molecule has 0 aliphatic carbocycles. The third-order valence-corrected chi connectivity index (χ3v) is 3.59. The number of nitrogens with zero attached hydrogens (tertiary/aromatic N) is 1. The molecule has 0 saturated carbocycles. The highest BCUT2D eigenvalue weighted by atomic mass is 16.2. The van der Waals surface area contributed by atoms with Gasteiger partial charge in [-0.25, -0.2) is 0 Å². The number of carbonyl (C=O) groups is 1. The molecule has 1 unspecified atom stereocenters. The smallest absolute Gasteiger partial charge is 0.223 e. The van der Waals surface area contributed by atoms with Crippen molar-refractivity contribution >= 4 is 5.91 Å². The molecule has 1 fully saturated rings. The molecule has 1 aliphatic rings. The van der Waals surface area contributed by atoms with Gasteiger partial charge >= 0.3 is 0 Å². The first kappa shape index (κ1) is 12.5. The van der Waals surface area contributed by atoms with Crippen molar-refractivity contribution in [2.45, 2.75) is 52.0 Å². The number of hydrogen-bond acceptors (Lipinski definition) is 2. The Morgan fingerprint density at radius 2 is 2.13 bits per heavy atom. The number of rotatable bonds is 5. The normalized spacial score (nSPS) is 21.3. The summed E-state index contributed by atoms with van der Waals surface area (Å²) in [5.74, 6) is 0.869. The molecule has 1 aliphatic heterocycles. The summed E-state index contributed by atoms with van der Waals surface area (Å²) < 4.78 is 0. The average molecular weight is 212 g/mol. The fourth-order valence-corrected chi connectivity index (χ4v) is 2.35. The van der Waals surface area contributed by atoms with Crippen LogP contribution in [0.4, 0.5) is 0 Å². The van der Waals surface area contributed by atoms with Gasteiger partial charge in [-0.1, -0.05) is 26.7 Å². The van der Waals surface area contributed by atoms with Crippen LogP contribution in [0.25, 0.3) is 0 Å². The van der Waals surface area contributed by atoms with Crippen LogP contribution < -0.4 is 5.73 Å². The Morgan fingerprint density at radius 1 is 1.47 bits per heavy atom. The van der Waals surface area contributed by atoms with Crippen LogP contribution in [-0.4, -0.2) is 29.9 Å². The summed E-state index contributed by atoms with van der Waals surface area (Å²) in [5, 5.41) is 0. The maximum Gasteiger partial charge on any atom is 0.223 e. The minimum Gasteiger partial charge on any atom is -0.338 e. The van der Waals surface area contributed by atoms with Crippen LogP contribution in [0.1, 0.15) is 46.0 Å². The molecular formula is C12H24N2O. The third kappa shape index (κ3) is 3.20. The first-order valence-corrected chi connectivity index (χ1v) is 6.22. The van der Waals surface area contributed by atoms with E-state index in [1.54, 1.807) is 0 Å². The van der Waals surface area contributed by atoms with Crippen molar-refractivity contribution < 1.29 is 4.79 Å². The number of carbonyl (C=O) groups excluding carboxylic acids is 1. The molecule has 3 heteroatoms. The molecule has 1 saturated heterocycles. The largest absolute Gasteiger partial charge is 0.338 e. The summed E-state index contributed by atoms with van der Waals surface area (Å²) in [7, 11) is 0. The second-order valence-corrected chi connectivity index (χ2v) is 4.51. The Labute approximate surface area is 93.0 Å². The fraction of sp³-hybridized carbons (Fsp3) is 0.917. The van der Waals surface area contributed by atoms with Gasteiger partial charge in [-0.05, 0) is 18.8 Å². The number of likely N-dealkylation sites (tertiary alicyclic amines) is 1. The molecule has 1 atom stereocenters. The van der Waals surface area contributed by atoms with E-state index in [2.05, 4.69) is 13.8 Å². The Balaban J connectivity index is 2.45. The maximum absolute atomic E-state index is 12.0. The monoisotopic (exact) mass is 212 g/mol. The van der Waals surface area contributed by atoms with Crippen molar-refractivity contribution in [2.24, 2.45) is 11.7 Å². The van der Waals surface area contributed by atoms with Crippen LogP contribution in [0, 0.1) is 5.92 Å². The Bertz CT molecular complexity index is 202. The fourth-order valence-electron chi connectivity index (χ4n) is 2.35. The standard InChI is InChI=1S/C12H24N2O/c1-3-10(4-2)8-12(15)14-7-5-6-11(14)9-13/h10-11H,3-9,13H2,1-2H3. The van der Waals surface area contributed by atoms with Crippen molar-refractivity contribution in [2.75, 3.05) is 13.1 Å². The van der Waals surface area contributed by atoms with Crippen molar-refractivity contribution in [3.05, 3.63) is 0 Å². The lowest BCUT2D eigenvalue weighted by Gasteiger charge is -2.25. The first-order chi connectivity index (χ1) is 7.22. The SMILES string of the molecule is CCC(CC)CC(=O)N1CCCC1CN. The molecule has 0 radical (unpaired) electrons. The molecule has 15 heavy (non-hydrogen) atoms. The zero-order valence-corrected chi connectivity index (χ0v) is 10.0. The second-order valence-electron chi connectivity index (χ2n) is 4.51. The van der Waals surface area contributed by atoms with E-state index in [1.807, 2.05) is 4.90 Å². The Morgan fingerprint density at radius 3 is 2.67 bits per heavy atom. The van der Waals surface area contributed by atoms with Crippen molar-refractivity contribution in [3.8, 4) is 0 Å². The van der Waals surface area contributed by atoms with Crippen LogP contribution >= 0.6 is 0 Å². The van der Waals surface area contributed by atoms with Gasteiger partial charge in [-0.2, -0.15) is 0 Å². The van der Waals surface area contributed by atoms with Gasteiger partial charge in [0.2, 0.25) is 5.91 Å². The summed E-state index contributed by atoms with van der Waals surface area (Å²) in [6.45, 7) is 5.85. The number of hydrogen-bond donors (Lipinski definition) is 1. The molecule has 0 aromatic rings. The van der Waals surface area contributed by atoms with Gasteiger partial charge in [-0.15, -0.1) is 0 Å². The van der Waals surface area contributed by atoms with Crippen LogP contribution in [0.2, 0.25) is 0 Å². The van der Waals surface area contributed by atoms with Crippen molar-refractivity contribution in [1.29, 1.82) is 0 Å². The van der Waals surface area contributed by atoms with E-state index in [0.29, 0.717) is 30.8 Å². The highest BCUT2D eigenvalue weighted by molar-refractivity contribution is 5.77. The third-order valence-electron chi connectivity index (χ3n) is 3.59. The van der Waals surface area contributed by atoms with Crippen molar-refractivity contribution in [3.63, 3.8) is 0 Å². The predicted molar refractivity (Wildman–Crippen MR) is 62.5 cm³/mol. The molecule has 1 amide bonds. The van der Waals surface area contributed by atoms with Gasteiger partial charge in [0.15, 0.2) is 0 Å². The van der Waals surface area contributed by atoms with E-state index in [0.717, 1.165) is 32.2 Å². The summed E-state index contributed by atoms with van der Waals surface area (Å²) in [6, 6.07) is 0.312. The molecule has 3 nitrogen and oxygen atoms in total. The molecule has 0 spiro atoms. The zero-order chi connectivity index (χ0) is 11.3. The Hall–Kier alpha value is -0.570. The lowest BCUT2D eigenvalue weighted by atomic mass is 9.98. The Kier molecular flexibility index (Phi) is 5.09. The van der Waals surface area contributed by atoms with Gasteiger partial charge in [-0.3, -0.25) is 4.79 Å². The van der Waals surface area contributed by atoms with E-state index in [9.17, 15) is 4.79 Å². The first-order valence-electron chi connectivity index (χ1n) is 6.22. The minimum absolute atomic E-state index is 0.312. The highest BCUT2D eigenvalue weighted by Crippen LogP contribution is 2.21. The number of amides is 1. The van der Waals surface area contributed by atoms with Gasteiger partial charge in [0.25, 0.3) is 0 Å². The summed E-state index contributed by atoms with van der Waals surface area (Å²) in [5.41, 5.74) is 5.66. The molecule has 88 valence electrons. The summed E-state index contributed by atoms with van der Waals surface area (Å²) >= 11 is 0. The van der Waals surface area contributed by atoms with E-state index >= 15 is 0 Å². The molecular weight excluding hydrogens is 188 g/mol. The van der Waals surface area contributed by atoms with E-state index in [-0.39, 0.29) is 0 Å². The lowest BCUT2D eigenvalue weighted by Crippen LogP contribution is -2.40. The molecule has 0 aromatic carbocycles. The molecule has 2 N–H and O–H groups in total. The van der Waals surface area contributed by atoms with Gasteiger partial charge in [0, 0.05) is 25.6 Å². The second kappa shape index (κ2) is 6.11. The zero-order valence-electron chi connectivity index (χ0n) is 10.0. The lowest BCUT2D eigenvalue weighted by molar-refractivity contribution is -0.132. The van der Waals surface area contributed by atoms with E-state index in [1.165, 1.54) is 0 Å². The minimum atomic E-state index is 0.312. The van der Waals surface area contributed by atoms with Crippen LogP contribution in [0.3, 0.4) is 0 Å². The van der Waals surface area contributed by atoms with Crippen LogP contribution in [-0.2, 0) is 4.79 Å². The predicted octanol–water partition coefficient (Wildman–Crippen LogP) is 1.76. The number of nitrogens with two attached hydrogens (primary N) is 1. The topological polar surface area (TPSA) is 46.3 Å². The average Bonchev–Trinajstić information content (AvgIpc) is 2.73. The quantitative estimate of drug-likeness (QED) is 0.755. The van der Waals surface area contributed by atoms with Crippen LogP contribution in [0.15, 0.2) is 0 Å². The van der Waals surface area contributed by atoms with Crippen molar-refractivity contribution in [1.82, 2.24) is 4.90 Å². The van der Waals surface area contributed by atoms with E-state index < -0.39 is 0 Å². The molecule has 0 bridgehead atoms. The molecule has 1 rings (SSSR count). The molecule has 0 aromatic heterocycles. The van der Waals surface area contributed by atoms with E-state index in [4.69, 9.17) is 5.73 Å². The van der Waals surface area contributed by atoms with Gasteiger partial charge in [0.1, 0.15) is 0 Å². The maximum atomic E-state index is 12.0. The molecule has 1 heterocycles. The van der Waals surface area contributed by atoms with Gasteiger partial charge in [0.05, 0.1) is 0 Å². The van der Waals surface area contributed by atoms with Crippen LogP contribution in [0.5, 0.6) is 0 Å².